The summed E-state index contributed by atoms with van der Waals surface area (Å²) in [5, 5.41) is 65.5. The van der Waals surface area contributed by atoms with Gasteiger partial charge >= 0.3 is 41.0 Å². The number of nitrogens with one attached hydrogen (secondary N) is 3. The van der Waals surface area contributed by atoms with Gasteiger partial charge in [0.2, 0.25) is 10.0 Å². The molecule has 11 rings (SSSR count). The Hall–Kier alpha value is -6.07. The van der Waals surface area contributed by atoms with Gasteiger partial charge in [-0.05, 0) is 121 Å². The Morgan fingerprint density at radius 3 is 1.42 bits per heavy atom. The molecule has 6 atom stereocenters. The van der Waals surface area contributed by atoms with Gasteiger partial charge in [0, 0.05) is 84.1 Å². The largest absolute Gasteiger partial charge is 2.00 e. The predicted molar refractivity (Wildman–Crippen MR) is 352 cm³/mol. The topological polar surface area (TPSA) is 337 Å². The third-order valence-electron chi connectivity index (χ3n) is 14.2. The van der Waals surface area contributed by atoms with E-state index in [4.69, 9.17) is 31.1 Å². The van der Waals surface area contributed by atoms with Crippen LogP contribution in [0.2, 0.25) is 0 Å². The number of hydrogen-bond acceptors (Lipinski definition) is 25. The number of esters is 2. The second kappa shape index (κ2) is 36.8. The Labute approximate surface area is 573 Å². The molecule has 3 saturated heterocycles. The SMILES string of the molecule is CCOC(=O)c1nc([C@@H]2CC[C@@H](C)N(C(=O)c3ccsc3-n3nccn3)C2)cs1.CCOC(=O)c1nc([C@@H]2CC[C@@H](C)NC2)cs1.C[C@@H]1CC[C@@H](c2csc(C(C)(C)O)n2)CN1C(=O)c1ccsc1-n1nccn1.N=CC=N.Nc1sccc1C(=O)O.[Br-].[CH3-].[Mg+2]. The maximum Gasteiger partial charge on any atom is 2.00 e. The number of halogens is 1. The molecule has 8 aromatic rings. The Bertz CT molecular complexity index is 3510. The molecular formula is C58H74BrMgN15O9S6. The number of amides is 2. The normalized spacial score (nSPS) is 18.4. The van der Waals surface area contributed by atoms with Crippen molar-refractivity contribution in [3.8, 4) is 10.0 Å². The van der Waals surface area contributed by atoms with Gasteiger partial charge in [-0.3, -0.25) is 9.59 Å². The van der Waals surface area contributed by atoms with Crippen LogP contribution in [-0.2, 0) is 15.1 Å². The van der Waals surface area contributed by atoms with E-state index < -0.39 is 17.5 Å². The third kappa shape index (κ3) is 20.5. The van der Waals surface area contributed by atoms with Crippen molar-refractivity contribution in [3.05, 3.63) is 131 Å². The molecule has 3 aliphatic heterocycles. The molecule has 90 heavy (non-hydrogen) atoms. The van der Waals surface area contributed by atoms with Crippen LogP contribution >= 0.6 is 68.0 Å². The summed E-state index contributed by atoms with van der Waals surface area (Å²) >= 11 is 8.27. The molecule has 0 radical (unpaired) electrons. The number of carbonyl (C=O) groups is 5. The summed E-state index contributed by atoms with van der Waals surface area (Å²) in [5.41, 5.74) is 8.60. The fourth-order valence-electron chi connectivity index (χ4n) is 9.48. The van der Waals surface area contributed by atoms with E-state index in [2.05, 4.69) is 61.4 Å². The molecule has 0 unspecified atom stereocenters. The number of piperidine rings is 3. The van der Waals surface area contributed by atoms with Gasteiger partial charge in [-0.25, -0.2) is 29.3 Å². The smallest absolute Gasteiger partial charge is 1.00 e. The van der Waals surface area contributed by atoms with Gasteiger partial charge in [-0.1, -0.05) is 0 Å². The van der Waals surface area contributed by atoms with Gasteiger partial charge in [0.1, 0.15) is 15.6 Å². The van der Waals surface area contributed by atoms with Gasteiger partial charge in [0.15, 0.2) is 10.0 Å². The van der Waals surface area contributed by atoms with E-state index in [1.54, 1.807) is 57.9 Å². The molecule has 3 aliphatic rings. The molecule has 32 heteroatoms. The van der Waals surface area contributed by atoms with E-state index in [-0.39, 0.29) is 94.7 Å². The van der Waals surface area contributed by atoms with E-state index in [0.717, 1.165) is 79.6 Å². The number of likely N-dealkylation sites (tertiary alicyclic amines) is 2. The van der Waals surface area contributed by atoms with Crippen molar-refractivity contribution in [1.29, 1.82) is 10.8 Å². The van der Waals surface area contributed by atoms with Gasteiger partial charge in [0.05, 0.1) is 71.8 Å². The summed E-state index contributed by atoms with van der Waals surface area (Å²) in [7, 11) is 0. The number of aromatic nitrogens is 9. The number of carboxylic acid groups (broad SMARTS) is 1. The van der Waals surface area contributed by atoms with Crippen LogP contribution in [0.4, 0.5) is 5.00 Å². The number of thiazole rings is 3. The van der Waals surface area contributed by atoms with E-state index in [0.29, 0.717) is 74.4 Å². The maximum atomic E-state index is 13.3. The molecule has 11 heterocycles. The van der Waals surface area contributed by atoms with Crippen molar-refractivity contribution in [3.63, 3.8) is 0 Å². The zero-order valence-corrected chi connectivity index (χ0v) is 59.1. The fourth-order valence-corrected chi connectivity index (χ4v) is 14.2. The first-order valence-corrected chi connectivity index (χ1v) is 33.3. The zero-order chi connectivity index (χ0) is 62.8. The standard InChI is InChI=1S/C19H21N5O3S2.C19H23N5O2S2.C12H18N2O2S.C5H5NO2S.C2H4N2.CH3.BrH.Mg/c1-3-27-19(26)16-22-15(11-29-16)13-5-4-12(2)23(10-13)17(25)14-6-9-28-18(14)24-20-7-8-21-24;1-12-4-5-13(15-11-28-18(22-15)19(2,3)26)10-23(12)16(25)14-6-9-27-17(14)24-20-7-8-21-24;1-3-16-12(15)11-14-10(7-17-11)9-5-4-8(2)13-6-9;6-4-3(5(7)8)1-2-9-4;3-1-2-4;;;/h6-9,11-13H,3-5,10H2,1-2H3;6-9,11-13,26H,4-5,10H2,1-3H3;7-9,13H,3-6H2,1-2H3;1-2H,6H2,(H,7,8);1-4H;1H3;1H;/q;;;;;-1;;+2/p-1/t2*12-,13-;8-,9-;;;;;/m111...../s1. The summed E-state index contributed by atoms with van der Waals surface area (Å²) in [4.78, 5) is 80.6. The summed E-state index contributed by atoms with van der Waals surface area (Å²) in [6.45, 7) is 16.3. The first-order chi connectivity index (χ1) is 41.8. The van der Waals surface area contributed by atoms with Crippen molar-refractivity contribution >= 4 is 138 Å². The quantitative estimate of drug-likeness (QED) is 0.0268. The first-order valence-electron chi connectivity index (χ1n) is 28.0. The fraction of sp³-hybridized carbons (Fsp3) is 0.431. The number of anilines is 1. The first kappa shape index (κ1) is 76.4. The van der Waals surface area contributed by atoms with Crippen molar-refractivity contribution in [2.75, 3.05) is 38.6 Å². The van der Waals surface area contributed by atoms with Crippen LogP contribution in [0.15, 0.2) is 75.3 Å². The minimum Gasteiger partial charge on any atom is -1.00 e. The van der Waals surface area contributed by atoms with Gasteiger partial charge in [-0.2, -0.15) is 20.4 Å². The number of ether oxygens (including phenoxy) is 2. The number of aromatic carboxylic acids is 1. The van der Waals surface area contributed by atoms with Crippen molar-refractivity contribution in [1.82, 2.24) is 60.1 Å². The number of nitrogen functional groups attached to an aromatic ring is 1. The number of rotatable bonds is 14. The van der Waals surface area contributed by atoms with E-state index in [1.807, 2.05) is 48.8 Å². The molecule has 0 saturated carbocycles. The Morgan fingerprint density at radius 1 is 0.644 bits per heavy atom. The Morgan fingerprint density at radius 2 is 1.06 bits per heavy atom. The second-order valence-electron chi connectivity index (χ2n) is 20.7. The second-order valence-corrected chi connectivity index (χ2v) is 26.0. The molecular weight excluding hydrogens is 1350 g/mol. The number of thiophene rings is 3. The van der Waals surface area contributed by atoms with Crippen molar-refractivity contribution < 1.29 is 60.6 Å². The summed E-state index contributed by atoms with van der Waals surface area (Å²) in [6.07, 6.45) is 14.2. The molecule has 0 spiro atoms. The van der Waals surface area contributed by atoms with E-state index >= 15 is 0 Å². The van der Waals surface area contributed by atoms with Crippen LogP contribution in [0.1, 0.15) is 178 Å². The molecule has 480 valence electrons. The molecule has 0 bridgehead atoms. The Balaban J connectivity index is 0.000000264. The van der Waals surface area contributed by atoms with Gasteiger partial charge < -0.3 is 75.8 Å². The molecule has 24 nitrogen and oxygen atoms in total. The number of hydrogen-bond donors (Lipinski definition) is 6. The van der Waals surface area contributed by atoms with Crippen LogP contribution in [0.5, 0.6) is 0 Å². The number of nitrogens with zero attached hydrogens (tertiary/aromatic N) is 11. The number of nitrogens with two attached hydrogens (primary N) is 1. The van der Waals surface area contributed by atoms with E-state index in [9.17, 15) is 29.1 Å². The average Bonchev–Trinajstić information content (AvgIpc) is 2.59. The van der Waals surface area contributed by atoms with Crippen LogP contribution in [0, 0.1) is 18.2 Å². The van der Waals surface area contributed by atoms with Crippen molar-refractivity contribution in [2.24, 2.45) is 0 Å². The average molecular weight is 1420 g/mol. The number of aliphatic hydroxyl groups is 1. The molecule has 2 amide bonds. The molecule has 3 fully saturated rings. The molecule has 7 N–H and O–H groups in total. The zero-order valence-electron chi connectivity index (χ0n) is 51.2. The van der Waals surface area contributed by atoms with Crippen LogP contribution < -0.4 is 28.0 Å². The minimum absolute atomic E-state index is 0. The summed E-state index contributed by atoms with van der Waals surface area (Å²) < 4.78 is 9.97. The van der Waals surface area contributed by atoms with Crippen molar-refractivity contribution in [2.45, 2.75) is 128 Å². The Kier molecular flexibility index (Phi) is 31.3. The summed E-state index contributed by atoms with van der Waals surface area (Å²) in [5.74, 6) is -0.979. The monoisotopic (exact) mass is 1420 g/mol. The minimum atomic E-state index is -0.964. The number of carbonyl (C=O) groups excluding carboxylic acids is 4. The van der Waals surface area contributed by atoms with E-state index in [1.165, 1.54) is 83.7 Å². The maximum absolute atomic E-state index is 13.3. The van der Waals surface area contributed by atoms with Crippen LogP contribution in [0.25, 0.3) is 10.0 Å². The summed E-state index contributed by atoms with van der Waals surface area (Å²) in [6, 6.07) is 6.03. The van der Waals surface area contributed by atoms with Gasteiger partial charge in [-0.15, -0.1) is 77.6 Å². The molecule has 8 aromatic heterocycles. The van der Waals surface area contributed by atoms with Crippen LogP contribution in [0.3, 0.4) is 0 Å². The van der Waals surface area contributed by atoms with Gasteiger partial charge in [0.25, 0.3) is 11.8 Å². The molecule has 0 aliphatic carbocycles. The predicted octanol–water partition coefficient (Wildman–Crippen LogP) is 7.35. The van der Waals surface area contributed by atoms with Crippen LogP contribution in [-0.4, -0.2) is 181 Å². The molecule has 0 aromatic carbocycles. The number of carboxylic acids is 1. The third-order valence-corrected chi connectivity index (χ3v) is 19.5.